The standard InChI is InChI=1S/C15H20N2O7/c1-7(19)16-11-13(21)12(20)10(6-18)24-14(11)17-9-4-2-8(3-5-9)15(22)23/h2-5,10-14,17-18,20-21H,6H2,1H3,(H,16,19)(H,22,23)/t10-,11-,12+,13+,14-/m0/s1. The number of carbonyl (C=O) groups is 2. The fourth-order valence-corrected chi connectivity index (χ4v) is 2.51. The van der Waals surface area contributed by atoms with Gasteiger partial charge < -0.3 is 35.8 Å². The predicted molar refractivity (Wildman–Crippen MR) is 82.4 cm³/mol. The summed E-state index contributed by atoms with van der Waals surface area (Å²) in [6.45, 7) is 0.747. The van der Waals surface area contributed by atoms with Crippen molar-refractivity contribution >= 4 is 17.6 Å². The summed E-state index contributed by atoms with van der Waals surface area (Å²) in [6, 6.07) is 4.82. The Bertz CT molecular complexity index is 592. The molecule has 1 aliphatic rings. The van der Waals surface area contributed by atoms with Gasteiger partial charge in [0.2, 0.25) is 5.91 Å². The molecule has 0 bridgehead atoms. The van der Waals surface area contributed by atoms with Crippen molar-refractivity contribution in [3.05, 3.63) is 29.8 Å². The van der Waals surface area contributed by atoms with Crippen molar-refractivity contribution in [3.63, 3.8) is 0 Å². The topological polar surface area (TPSA) is 148 Å². The third kappa shape index (κ3) is 4.01. The maximum absolute atomic E-state index is 11.3. The van der Waals surface area contributed by atoms with Gasteiger partial charge in [-0.15, -0.1) is 0 Å². The first-order chi connectivity index (χ1) is 11.3. The highest BCUT2D eigenvalue weighted by atomic mass is 16.5. The minimum Gasteiger partial charge on any atom is -0.478 e. The van der Waals surface area contributed by atoms with Crippen LogP contribution in [0.25, 0.3) is 0 Å². The molecule has 9 heteroatoms. The van der Waals surface area contributed by atoms with E-state index in [-0.39, 0.29) is 5.56 Å². The molecule has 132 valence electrons. The van der Waals surface area contributed by atoms with Crippen molar-refractivity contribution in [2.45, 2.75) is 37.5 Å². The van der Waals surface area contributed by atoms with E-state index in [1.165, 1.54) is 31.2 Å². The third-order valence-corrected chi connectivity index (χ3v) is 3.74. The van der Waals surface area contributed by atoms with Gasteiger partial charge in [-0.25, -0.2) is 4.79 Å². The van der Waals surface area contributed by atoms with Gasteiger partial charge in [-0.05, 0) is 24.3 Å². The molecule has 6 N–H and O–H groups in total. The van der Waals surface area contributed by atoms with Crippen LogP contribution < -0.4 is 10.6 Å². The van der Waals surface area contributed by atoms with E-state index in [0.29, 0.717) is 5.69 Å². The van der Waals surface area contributed by atoms with Crippen LogP contribution in [-0.4, -0.2) is 69.5 Å². The Labute approximate surface area is 137 Å². The minimum absolute atomic E-state index is 0.104. The van der Waals surface area contributed by atoms with Gasteiger partial charge in [0.25, 0.3) is 0 Å². The molecule has 1 aromatic rings. The zero-order chi connectivity index (χ0) is 17.9. The van der Waals surface area contributed by atoms with Gasteiger partial charge in [0.1, 0.15) is 24.4 Å². The van der Waals surface area contributed by atoms with Crippen LogP contribution in [0.2, 0.25) is 0 Å². The molecule has 1 fully saturated rings. The Kier molecular flexibility index (Phi) is 5.73. The molecule has 9 nitrogen and oxygen atoms in total. The van der Waals surface area contributed by atoms with E-state index in [9.17, 15) is 24.9 Å². The Morgan fingerprint density at radius 3 is 2.29 bits per heavy atom. The molecule has 1 amide bonds. The summed E-state index contributed by atoms with van der Waals surface area (Å²) >= 11 is 0. The molecule has 0 saturated carbocycles. The summed E-state index contributed by atoms with van der Waals surface area (Å²) in [7, 11) is 0. The minimum atomic E-state index is -1.36. The highest BCUT2D eigenvalue weighted by molar-refractivity contribution is 5.88. The summed E-state index contributed by atoms with van der Waals surface area (Å²) in [6.07, 6.45) is -4.67. The van der Waals surface area contributed by atoms with Gasteiger partial charge in [0, 0.05) is 12.6 Å². The van der Waals surface area contributed by atoms with Crippen molar-refractivity contribution in [1.29, 1.82) is 0 Å². The first kappa shape index (κ1) is 18.1. The van der Waals surface area contributed by atoms with Crippen LogP contribution in [0.4, 0.5) is 5.69 Å². The van der Waals surface area contributed by atoms with Crippen molar-refractivity contribution in [3.8, 4) is 0 Å². The summed E-state index contributed by atoms with van der Waals surface area (Å²) in [5.41, 5.74) is 0.591. The molecule has 1 heterocycles. The number of anilines is 1. The van der Waals surface area contributed by atoms with Crippen molar-refractivity contribution < 1.29 is 34.8 Å². The molecule has 0 aliphatic carbocycles. The van der Waals surface area contributed by atoms with Gasteiger partial charge in [-0.2, -0.15) is 0 Å². The monoisotopic (exact) mass is 340 g/mol. The van der Waals surface area contributed by atoms with Crippen LogP contribution in [-0.2, 0) is 9.53 Å². The summed E-state index contributed by atoms with van der Waals surface area (Å²) in [4.78, 5) is 22.2. The maximum atomic E-state index is 11.3. The molecule has 1 aromatic carbocycles. The van der Waals surface area contributed by atoms with E-state index >= 15 is 0 Å². The lowest BCUT2D eigenvalue weighted by molar-refractivity contribution is -0.188. The Hall–Kier alpha value is -2.20. The normalized spacial score (nSPS) is 29.8. The highest BCUT2D eigenvalue weighted by Gasteiger charge is 2.44. The van der Waals surface area contributed by atoms with E-state index in [2.05, 4.69) is 10.6 Å². The predicted octanol–water partition coefficient (Wildman–Crippen LogP) is -1.26. The summed E-state index contributed by atoms with van der Waals surface area (Å²) < 4.78 is 5.51. The number of aromatic carboxylic acids is 1. The zero-order valence-electron chi connectivity index (χ0n) is 12.9. The van der Waals surface area contributed by atoms with E-state index in [1.807, 2.05) is 0 Å². The number of aliphatic hydroxyl groups is 3. The Morgan fingerprint density at radius 2 is 1.79 bits per heavy atom. The second-order valence-electron chi connectivity index (χ2n) is 5.51. The molecule has 0 unspecified atom stereocenters. The number of hydrogen-bond donors (Lipinski definition) is 6. The lowest BCUT2D eigenvalue weighted by Crippen LogP contribution is -2.65. The summed E-state index contributed by atoms with van der Waals surface area (Å²) in [5, 5.41) is 43.6. The van der Waals surface area contributed by atoms with Crippen LogP contribution in [0.1, 0.15) is 17.3 Å². The fraction of sp³-hybridized carbons (Fsp3) is 0.467. The van der Waals surface area contributed by atoms with Gasteiger partial charge in [-0.1, -0.05) is 0 Å². The SMILES string of the molecule is CC(=O)N[C@H]1[C@@H](O)[C@H](O)[C@H](CO)O[C@@H]1Nc1ccc(C(=O)O)cc1. The second-order valence-corrected chi connectivity index (χ2v) is 5.51. The molecular formula is C15H20N2O7. The molecule has 2 rings (SSSR count). The number of carbonyl (C=O) groups excluding carboxylic acids is 1. The van der Waals surface area contributed by atoms with E-state index in [1.54, 1.807) is 0 Å². The zero-order valence-corrected chi connectivity index (χ0v) is 12.9. The van der Waals surface area contributed by atoms with Gasteiger partial charge in [0.15, 0.2) is 6.23 Å². The highest BCUT2D eigenvalue weighted by Crippen LogP contribution is 2.23. The van der Waals surface area contributed by atoms with Crippen LogP contribution in [0.5, 0.6) is 0 Å². The van der Waals surface area contributed by atoms with E-state index in [0.717, 1.165) is 0 Å². The molecule has 0 spiro atoms. The molecule has 1 aliphatic heterocycles. The quantitative estimate of drug-likeness (QED) is 0.389. The molecule has 0 aromatic heterocycles. The van der Waals surface area contributed by atoms with E-state index in [4.69, 9.17) is 9.84 Å². The number of aliphatic hydroxyl groups excluding tert-OH is 3. The summed E-state index contributed by atoms with van der Waals surface area (Å²) in [5.74, 6) is -1.49. The van der Waals surface area contributed by atoms with Gasteiger partial charge in [0.05, 0.1) is 12.2 Å². The van der Waals surface area contributed by atoms with Crippen molar-refractivity contribution in [2.75, 3.05) is 11.9 Å². The van der Waals surface area contributed by atoms with Crippen LogP contribution in [0, 0.1) is 0 Å². The number of carboxylic acids is 1. The van der Waals surface area contributed by atoms with Gasteiger partial charge in [-0.3, -0.25) is 4.79 Å². The number of benzene rings is 1. The van der Waals surface area contributed by atoms with Crippen molar-refractivity contribution in [1.82, 2.24) is 5.32 Å². The number of nitrogens with one attached hydrogen (secondary N) is 2. The number of rotatable bonds is 5. The van der Waals surface area contributed by atoms with Crippen LogP contribution >= 0.6 is 0 Å². The number of ether oxygens (including phenoxy) is 1. The van der Waals surface area contributed by atoms with E-state index < -0.39 is 49.1 Å². The fourth-order valence-electron chi connectivity index (χ4n) is 2.51. The number of amides is 1. The average molecular weight is 340 g/mol. The molecule has 24 heavy (non-hydrogen) atoms. The molecule has 0 radical (unpaired) electrons. The lowest BCUT2D eigenvalue weighted by atomic mass is 9.95. The number of hydrogen-bond acceptors (Lipinski definition) is 7. The second kappa shape index (κ2) is 7.58. The largest absolute Gasteiger partial charge is 0.478 e. The molecular weight excluding hydrogens is 320 g/mol. The Morgan fingerprint density at radius 1 is 1.17 bits per heavy atom. The lowest BCUT2D eigenvalue weighted by Gasteiger charge is -2.43. The van der Waals surface area contributed by atoms with Crippen LogP contribution in [0.15, 0.2) is 24.3 Å². The smallest absolute Gasteiger partial charge is 0.335 e. The molecule has 5 atom stereocenters. The first-order valence-corrected chi connectivity index (χ1v) is 7.33. The maximum Gasteiger partial charge on any atom is 0.335 e. The first-order valence-electron chi connectivity index (χ1n) is 7.33. The van der Waals surface area contributed by atoms with Gasteiger partial charge >= 0.3 is 5.97 Å². The van der Waals surface area contributed by atoms with Crippen LogP contribution in [0.3, 0.4) is 0 Å². The van der Waals surface area contributed by atoms with Crippen molar-refractivity contribution in [2.24, 2.45) is 0 Å². The molecule has 1 saturated heterocycles. The average Bonchev–Trinajstić information content (AvgIpc) is 2.54. The third-order valence-electron chi connectivity index (χ3n) is 3.74. The Balaban J connectivity index is 2.19. The number of carboxylic acid groups (broad SMARTS) is 1.